The molecule has 20 heavy (non-hydrogen) atoms. The van der Waals surface area contributed by atoms with Crippen molar-refractivity contribution in [1.82, 2.24) is 4.98 Å². The summed E-state index contributed by atoms with van der Waals surface area (Å²) in [6.07, 6.45) is 0.680. The number of anilines is 1. The first-order valence-electron chi connectivity index (χ1n) is 6.12. The number of aromatic nitrogens is 1. The lowest BCUT2D eigenvalue weighted by molar-refractivity contribution is 0.0697. The topological polar surface area (TPSA) is 86.0 Å². The summed E-state index contributed by atoms with van der Waals surface area (Å²) < 4.78 is 0. The standard InChI is InChI=1S/C15H13N3O2/c16-10-13-5-2-6-14(18-13)17-8-7-11-3-1-4-12(9-11)15(19)20/h1-6,9H,7-8H2,(H,17,18)(H,19,20). The highest BCUT2D eigenvalue weighted by molar-refractivity contribution is 5.87. The van der Waals surface area contributed by atoms with Gasteiger partial charge in [0.05, 0.1) is 5.56 Å². The SMILES string of the molecule is N#Cc1cccc(NCCc2cccc(C(=O)O)c2)n1. The molecule has 2 N–H and O–H groups in total. The van der Waals surface area contributed by atoms with Gasteiger partial charge in [-0.2, -0.15) is 5.26 Å². The van der Waals surface area contributed by atoms with Crippen molar-refractivity contribution in [2.75, 3.05) is 11.9 Å². The van der Waals surface area contributed by atoms with Gasteiger partial charge in [-0.05, 0) is 36.2 Å². The number of aromatic carboxylic acids is 1. The number of rotatable bonds is 5. The van der Waals surface area contributed by atoms with Crippen molar-refractivity contribution in [1.29, 1.82) is 5.26 Å². The van der Waals surface area contributed by atoms with E-state index in [1.54, 1.807) is 36.4 Å². The number of hydrogen-bond acceptors (Lipinski definition) is 4. The second kappa shape index (κ2) is 6.34. The maximum absolute atomic E-state index is 10.9. The molecule has 0 radical (unpaired) electrons. The number of carbonyl (C=O) groups is 1. The monoisotopic (exact) mass is 267 g/mol. The molecule has 1 aromatic carbocycles. The number of pyridine rings is 1. The normalized spacial score (nSPS) is 9.75. The van der Waals surface area contributed by atoms with E-state index >= 15 is 0 Å². The number of nitrogens with zero attached hydrogens (tertiary/aromatic N) is 2. The highest BCUT2D eigenvalue weighted by Crippen LogP contribution is 2.08. The molecule has 0 saturated heterocycles. The second-order valence-corrected chi connectivity index (χ2v) is 4.20. The van der Waals surface area contributed by atoms with Crippen LogP contribution in [0.15, 0.2) is 42.5 Å². The Balaban J connectivity index is 1.94. The molecule has 0 unspecified atom stereocenters. The van der Waals surface area contributed by atoms with Crippen molar-refractivity contribution in [2.45, 2.75) is 6.42 Å². The van der Waals surface area contributed by atoms with Crippen molar-refractivity contribution < 1.29 is 9.90 Å². The fourth-order valence-corrected chi connectivity index (χ4v) is 1.79. The molecular formula is C15H13N3O2. The zero-order valence-corrected chi connectivity index (χ0v) is 10.7. The number of hydrogen-bond donors (Lipinski definition) is 2. The maximum Gasteiger partial charge on any atom is 0.335 e. The Hall–Kier alpha value is -2.87. The number of carboxylic acid groups (broad SMARTS) is 1. The quantitative estimate of drug-likeness (QED) is 0.868. The lowest BCUT2D eigenvalue weighted by atomic mass is 10.1. The first-order valence-corrected chi connectivity index (χ1v) is 6.12. The molecule has 0 bridgehead atoms. The van der Waals surface area contributed by atoms with E-state index in [4.69, 9.17) is 10.4 Å². The van der Waals surface area contributed by atoms with E-state index in [2.05, 4.69) is 10.3 Å². The van der Waals surface area contributed by atoms with Gasteiger partial charge < -0.3 is 10.4 Å². The van der Waals surface area contributed by atoms with Crippen LogP contribution in [-0.4, -0.2) is 22.6 Å². The van der Waals surface area contributed by atoms with Gasteiger partial charge in [0.2, 0.25) is 0 Å². The van der Waals surface area contributed by atoms with Crippen molar-refractivity contribution in [3.8, 4) is 6.07 Å². The highest BCUT2D eigenvalue weighted by atomic mass is 16.4. The van der Waals surface area contributed by atoms with Crippen LogP contribution in [0.25, 0.3) is 0 Å². The molecule has 2 rings (SSSR count). The van der Waals surface area contributed by atoms with E-state index in [1.165, 1.54) is 0 Å². The molecular weight excluding hydrogens is 254 g/mol. The van der Waals surface area contributed by atoms with E-state index in [1.807, 2.05) is 12.1 Å². The van der Waals surface area contributed by atoms with Gasteiger partial charge in [-0.3, -0.25) is 0 Å². The minimum Gasteiger partial charge on any atom is -0.478 e. The Morgan fingerprint density at radius 1 is 1.30 bits per heavy atom. The Kier molecular flexibility index (Phi) is 4.30. The fraction of sp³-hybridized carbons (Fsp3) is 0.133. The van der Waals surface area contributed by atoms with Gasteiger partial charge in [0.25, 0.3) is 0 Å². The van der Waals surface area contributed by atoms with Crippen LogP contribution in [0.3, 0.4) is 0 Å². The van der Waals surface area contributed by atoms with Crippen molar-refractivity contribution >= 4 is 11.8 Å². The summed E-state index contributed by atoms with van der Waals surface area (Å²) in [5.41, 5.74) is 1.59. The van der Waals surface area contributed by atoms with Crippen LogP contribution in [0.4, 0.5) is 5.82 Å². The number of nitriles is 1. The Morgan fingerprint density at radius 2 is 2.10 bits per heavy atom. The van der Waals surface area contributed by atoms with Gasteiger partial charge in [0.1, 0.15) is 17.6 Å². The molecule has 2 aromatic rings. The fourth-order valence-electron chi connectivity index (χ4n) is 1.79. The third-order valence-corrected chi connectivity index (χ3v) is 2.76. The third kappa shape index (κ3) is 3.56. The Labute approximate surface area is 116 Å². The zero-order valence-electron chi connectivity index (χ0n) is 10.7. The molecule has 0 amide bonds. The molecule has 5 nitrogen and oxygen atoms in total. The smallest absolute Gasteiger partial charge is 0.335 e. The minimum absolute atomic E-state index is 0.284. The molecule has 0 atom stereocenters. The van der Waals surface area contributed by atoms with Gasteiger partial charge in [0.15, 0.2) is 0 Å². The van der Waals surface area contributed by atoms with Crippen molar-refractivity contribution in [3.63, 3.8) is 0 Å². The summed E-state index contributed by atoms with van der Waals surface area (Å²) in [5, 5.41) is 20.8. The van der Waals surface area contributed by atoms with E-state index < -0.39 is 5.97 Å². The van der Waals surface area contributed by atoms with Gasteiger partial charge in [0, 0.05) is 6.54 Å². The molecule has 1 heterocycles. The van der Waals surface area contributed by atoms with Crippen LogP contribution in [0.5, 0.6) is 0 Å². The summed E-state index contributed by atoms with van der Waals surface area (Å²) in [6.45, 7) is 0.616. The van der Waals surface area contributed by atoms with E-state index in [9.17, 15) is 4.79 Å². The lowest BCUT2D eigenvalue weighted by Gasteiger charge is -2.06. The Bertz CT molecular complexity index is 662. The third-order valence-electron chi connectivity index (χ3n) is 2.76. The molecule has 0 fully saturated rings. The average molecular weight is 267 g/mol. The van der Waals surface area contributed by atoms with Gasteiger partial charge in [-0.25, -0.2) is 9.78 Å². The van der Waals surface area contributed by atoms with E-state index in [-0.39, 0.29) is 5.56 Å². The van der Waals surface area contributed by atoms with E-state index in [0.717, 1.165) is 5.56 Å². The highest BCUT2D eigenvalue weighted by Gasteiger charge is 2.03. The number of nitrogens with one attached hydrogen (secondary N) is 1. The first kappa shape index (κ1) is 13.6. The predicted molar refractivity (Wildman–Crippen MR) is 74.5 cm³/mol. The second-order valence-electron chi connectivity index (χ2n) is 4.20. The number of benzene rings is 1. The van der Waals surface area contributed by atoms with Crippen molar-refractivity contribution in [3.05, 3.63) is 59.3 Å². The molecule has 0 saturated carbocycles. The minimum atomic E-state index is -0.928. The molecule has 0 spiro atoms. The predicted octanol–water partition coefficient (Wildman–Crippen LogP) is 2.31. The number of carboxylic acids is 1. The average Bonchev–Trinajstić information content (AvgIpc) is 2.48. The van der Waals surface area contributed by atoms with Gasteiger partial charge >= 0.3 is 5.97 Å². The summed E-state index contributed by atoms with van der Waals surface area (Å²) in [7, 11) is 0. The molecule has 100 valence electrons. The zero-order chi connectivity index (χ0) is 14.4. The van der Waals surface area contributed by atoms with Crippen LogP contribution in [0.2, 0.25) is 0 Å². The largest absolute Gasteiger partial charge is 0.478 e. The summed E-state index contributed by atoms with van der Waals surface area (Å²) >= 11 is 0. The molecule has 0 aliphatic rings. The molecule has 0 aliphatic carbocycles. The lowest BCUT2D eigenvalue weighted by Crippen LogP contribution is -2.07. The molecule has 0 aliphatic heterocycles. The molecule has 5 heteroatoms. The van der Waals surface area contributed by atoms with Crippen LogP contribution in [-0.2, 0) is 6.42 Å². The van der Waals surface area contributed by atoms with Crippen LogP contribution < -0.4 is 5.32 Å². The van der Waals surface area contributed by atoms with Crippen LogP contribution in [0, 0.1) is 11.3 Å². The van der Waals surface area contributed by atoms with Gasteiger partial charge in [-0.1, -0.05) is 18.2 Å². The summed E-state index contributed by atoms with van der Waals surface area (Å²) in [6, 6.07) is 14.0. The summed E-state index contributed by atoms with van der Waals surface area (Å²) in [5.74, 6) is -0.290. The molecule has 1 aromatic heterocycles. The van der Waals surface area contributed by atoms with Crippen molar-refractivity contribution in [2.24, 2.45) is 0 Å². The summed E-state index contributed by atoms with van der Waals surface area (Å²) in [4.78, 5) is 15.0. The van der Waals surface area contributed by atoms with Crippen LogP contribution in [0.1, 0.15) is 21.6 Å². The van der Waals surface area contributed by atoms with Gasteiger partial charge in [-0.15, -0.1) is 0 Å². The van der Waals surface area contributed by atoms with E-state index in [0.29, 0.717) is 24.5 Å². The first-order chi connectivity index (χ1) is 9.69. The Morgan fingerprint density at radius 3 is 2.85 bits per heavy atom. The van der Waals surface area contributed by atoms with Crippen LogP contribution >= 0.6 is 0 Å². The maximum atomic E-state index is 10.9.